The molecular weight excluding hydrogens is 270 g/mol. The summed E-state index contributed by atoms with van der Waals surface area (Å²) in [6, 6.07) is 10.1. The molecule has 0 amide bonds. The van der Waals surface area contributed by atoms with E-state index in [0.717, 1.165) is 32.4 Å². The van der Waals surface area contributed by atoms with Gasteiger partial charge >= 0.3 is 5.97 Å². The Morgan fingerprint density at radius 3 is 2.43 bits per heavy atom. The van der Waals surface area contributed by atoms with Crippen molar-refractivity contribution in [3.8, 4) is 0 Å². The summed E-state index contributed by atoms with van der Waals surface area (Å²) in [6.45, 7) is 4.41. The normalized spacial score (nSPS) is 16.0. The molecule has 0 spiro atoms. The van der Waals surface area contributed by atoms with Gasteiger partial charge in [0.2, 0.25) is 0 Å². The summed E-state index contributed by atoms with van der Waals surface area (Å²) in [6.07, 6.45) is 3.14. The Morgan fingerprint density at radius 1 is 1.24 bits per heavy atom. The van der Waals surface area contributed by atoms with Crippen LogP contribution in [0.5, 0.6) is 0 Å². The predicted octanol–water partition coefficient (Wildman–Crippen LogP) is 2.51. The lowest BCUT2D eigenvalue weighted by molar-refractivity contribution is -0.184. The number of rotatable bonds is 6. The van der Waals surface area contributed by atoms with Crippen LogP contribution in [-0.4, -0.2) is 36.0 Å². The van der Waals surface area contributed by atoms with Gasteiger partial charge in [-0.2, -0.15) is 5.06 Å². The molecule has 1 fully saturated rings. The van der Waals surface area contributed by atoms with Crippen molar-refractivity contribution in [1.29, 1.82) is 0 Å². The lowest BCUT2D eigenvalue weighted by Crippen LogP contribution is -2.33. The molecule has 0 aromatic heterocycles. The van der Waals surface area contributed by atoms with Crippen LogP contribution in [0.3, 0.4) is 0 Å². The predicted molar refractivity (Wildman–Crippen MR) is 79.5 cm³/mol. The van der Waals surface area contributed by atoms with Gasteiger partial charge in [-0.3, -0.25) is 9.63 Å². The molecule has 0 atom stereocenters. The monoisotopic (exact) mass is 293 g/mol. The van der Waals surface area contributed by atoms with Crippen LogP contribution in [0.1, 0.15) is 31.2 Å². The largest absolute Gasteiger partial charge is 0.481 e. The van der Waals surface area contributed by atoms with E-state index in [-0.39, 0.29) is 6.42 Å². The molecule has 5 heteroatoms. The maximum absolute atomic E-state index is 10.5. The Balaban J connectivity index is 0.00000106. The molecule has 2 rings (SSSR count). The molecule has 1 aromatic rings. The molecule has 0 aliphatic carbocycles. The molecule has 1 N–H and O–H groups in total. The van der Waals surface area contributed by atoms with Gasteiger partial charge in [-0.05, 0) is 30.7 Å². The first-order chi connectivity index (χ1) is 10.2. The SMILES string of the molecule is C=O.O=C(O)CCC1CCN(OCc2ccccc2)CC1. The summed E-state index contributed by atoms with van der Waals surface area (Å²) >= 11 is 0. The van der Waals surface area contributed by atoms with E-state index >= 15 is 0 Å². The Labute approximate surface area is 125 Å². The number of aliphatic carboxylic acids is 1. The summed E-state index contributed by atoms with van der Waals surface area (Å²) in [5.74, 6) is -0.157. The van der Waals surface area contributed by atoms with Crippen molar-refractivity contribution in [1.82, 2.24) is 5.06 Å². The zero-order valence-electron chi connectivity index (χ0n) is 12.2. The number of hydroxylamine groups is 2. The molecule has 0 saturated carbocycles. The van der Waals surface area contributed by atoms with Crippen LogP contribution in [-0.2, 0) is 21.0 Å². The second-order valence-electron chi connectivity index (χ2n) is 5.06. The van der Waals surface area contributed by atoms with Gasteiger partial charge in [-0.1, -0.05) is 30.3 Å². The minimum atomic E-state index is -0.692. The summed E-state index contributed by atoms with van der Waals surface area (Å²) in [4.78, 5) is 24.3. The van der Waals surface area contributed by atoms with Gasteiger partial charge in [-0.25, -0.2) is 0 Å². The average molecular weight is 293 g/mol. The first-order valence-corrected chi connectivity index (χ1v) is 7.16. The minimum Gasteiger partial charge on any atom is -0.481 e. The van der Waals surface area contributed by atoms with Crippen molar-refractivity contribution in [2.45, 2.75) is 32.3 Å². The zero-order valence-corrected chi connectivity index (χ0v) is 12.2. The summed E-state index contributed by atoms with van der Waals surface area (Å²) in [5.41, 5.74) is 1.18. The molecule has 1 aliphatic rings. The van der Waals surface area contributed by atoms with Crippen molar-refractivity contribution in [2.75, 3.05) is 13.1 Å². The fourth-order valence-corrected chi connectivity index (χ4v) is 2.39. The molecule has 5 nitrogen and oxygen atoms in total. The Kier molecular flexibility index (Phi) is 8.31. The number of carbonyl (C=O) groups is 2. The third kappa shape index (κ3) is 7.02. The molecule has 1 aromatic carbocycles. The van der Waals surface area contributed by atoms with Crippen LogP contribution in [0.4, 0.5) is 0 Å². The topological polar surface area (TPSA) is 66.8 Å². The van der Waals surface area contributed by atoms with Gasteiger partial charge in [-0.15, -0.1) is 0 Å². The molecule has 0 bridgehead atoms. The number of hydrogen-bond donors (Lipinski definition) is 1. The average Bonchev–Trinajstić information content (AvgIpc) is 2.55. The van der Waals surface area contributed by atoms with Crippen molar-refractivity contribution < 1.29 is 19.5 Å². The highest BCUT2D eigenvalue weighted by Crippen LogP contribution is 2.22. The summed E-state index contributed by atoms with van der Waals surface area (Å²) in [5, 5.41) is 10.7. The smallest absolute Gasteiger partial charge is 0.303 e. The van der Waals surface area contributed by atoms with E-state index in [0.29, 0.717) is 12.5 Å². The number of carboxylic acid groups (broad SMARTS) is 1. The van der Waals surface area contributed by atoms with Crippen LogP contribution in [0.25, 0.3) is 0 Å². The minimum absolute atomic E-state index is 0.287. The highest BCUT2D eigenvalue weighted by atomic mass is 16.7. The Hall–Kier alpha value is -1.72. The third-order valence-corrected chi connectivity index (χ3v) is 3.60. The van der Waals surface area contributed by atoms with Gasteiger partial charge in [0, 0.05) is 19.5 Å². The maximum atomic E-state index is 10.5. The number of carbonyl (C=O) groups excluding carboxylic acids is 1. The van der Waals surface area contributed by atoms with Gasteiger partial charge in [0.05, 0.1) is 6.61 Å². The van der Waals surface area contributed by atoms with Crippen molar-refractivity contribution in [3.05, 3.63) is 35.9 Å². The van der Waals surface area contributed by atoms with Gasteiger partial charge < -0.3 is 9.90 Å². The van der Waals surface area contributed by atoms with E-state index in [1.807, 2.05) is 30.1 Å². The standard InChI is InChI=1S/C15H21NO3.CH2O/c17-15(18)7-6-13-8-10-16(11-9-13)19-12-14-4-2-1-3-5-14;1-2/h1-5,13H,6-12H2,(H,17,18);1H2. The molecule has 21 heavy (non-hydrogen) atoms. The number of benzene rings is 1. The summed E-state index contributed by atoms with van der Waals surface area (Å²) in [7, 11) is 0. The van der Waals surface area contributed by atoms with E-state index in [1.165, 1.54) is 5.56 Å². The Morgan fingerprint density at radius 2 is 1.86 bits per heavy atom. The maximum Gasteiger partial charge on any atom is 0.303 e. The Bertz CT molecular complexity index is 402. The van der Waals surface area contributed by atoms with Crippen LogP contribution >= 0.6 is 0 Å². The van der Waals surface area contributed by atoms with E-state index in [2.05, 4.69) is 12.1 Å². The molecule has 0 radical (unpaired) electrons. The van der Waals surface area contributed by atoms with Gasteiger partial charge in [0.15, 0.2) is 0 Å². The fraction of sp³-hybridized carbons (Fsp3) is 0.500. The number of nitrogens with zero attached hydrogens (tertiary/aromatic N) is 1. The van der Waals surface area contributed by atoms with Crippen molar-refractivity contribution in [3.63, 3.8) is 0 Å². The molecule has 0 unspecified atom stereocenters. The van der Waals surface area contributed by atoms with Crippen molar-refractivity contribution >= 4 is 12.8 Å². The first-order valence-electron chi connectivity index (χ1n) is 7.16. The number of carboxylic acids is 1. The van der Waals surface area contributed by atoms with Crippen LogP contribution in [0, 0.1) is 5.92 Å². The highest BCUT2D eigenvalue weighted by molar-refractivity contribution is 5.66. The summed E-state index contributed by atoms with van der Waals surface area (Å²) < 4.78 is 0. The zero-order chi connectivity index (χ0) is 15.5. The van der Waals surface area contributed by atoms with Crippen molar-refractivity contribution in [2.24, 2.45) is 5.92 Å². The lowest BCUT2D eigenvalue weighted by atomic mass is 9.93. The molecule has 116 valence electrons. The second kappa shape index (κ2) is 10.1. The quantitative estimate of drug-likeness (QED) is 0.873. The van der Waals surface area contributed by atoms with Gasteiger partial charge in [0.25, 0.3) is 0 Å². The van der Waals surface area contributed by atoms with Crippen LogP contribution in [0.15, 0.2) is 30.3 Å². The van der Waals surface area contributed by atoms with E-state index in [1.54, 1.807) is 0 Å². The highest BCUT2D eigenvalue weighted by Gasteiger charge is 2.20. The van der Waals surface area contributed by atoms with Crippen LogP contribution < -0.4 is 0 Å². The molecule has 1 heterocycles. The fourth-order valence-electron chi connectivity index (χ4n) is 2.39. The molecular formula is C16H23NO4. The van der Waals surface area contributed by atoms with Crippen LogP contribution in [0.2, 0.25) is 0 Å². The van der Waals surface area contributed by atoms with E-state index in [9.17, 15) is 4.79 Å². The number of piperidine rings is 1. The first kappa shape index (κ1) is 17.3. The van der Waals surface area contributed by atoms with E-state index in [4.69, 9.17) is 14.7 Å². The lowest BCUT2D eigenvalue weighted by Gasteiger charge is -2.30. The van der Waals surface area contributed by atoms with E-state index < -0.39 is 5.97 Å². The molecule has 1 aliphatic heterocycles. The molecule has 1 saturated heterocycles. The third-order valence-electron chi connectivity index (χ3n) is 3.60. The number of hydrogen-bond acceptors (Lipinski definition) is 4. The second-order valence-corrected chi connectivity index (χ2v) is 5.06. The van der Waals surface area contributed by atoms with Gasteiger partial charge in [0.1, 0.15) is 6.79 Å².